The number of nitrogens with zero attached hydrogens (tertiary/aromatic N) is 2. The maximum Gasteiger partial charge on any atom is 0.228 e. The molecule has 1 aliphatic rings. The Morgan fingerprint density at radius 2 is 1.94 bits per heavy atom. The lowest BCUT2D eigenvalue weighted by Crippen LogP contribution is -2.46. The molecule has 2 atom stereocenters. The number of piperidine rings is 1. The number of hydrogen-bond donors (Lipinski definition) is 3. The number of rotatable bonds is 8. The Hall–Kier alpha value is -3.52. The average Bonchev–Trinajstić information content (AvgIpc) is 2.78. The van der Waals surface area contributed by atoms with Gasteiger partial charge in [0.1, 0.15) is 18.2 Å². The number of aliphatic hydroxyl groups excluding tert-OH is 1. The molecule has 0 aliphatic carbocycles. The van der Waals surface area contributed by atoms with Crippen molar-refractivity contribution in [2.75, 3.05) is 18.5 Å². The maximum absolute atomic E-state index is 12.5. The van der Waals surface area contributed by atoms with Crippen LogP contribution in [0.2, 0.25) is 0 Å². The molecule has 2 unspecified atom stereocenters. The average molecular weight is 437 g/mol. The van der Waals surface area contributed by atoms with Gasteiger partial charge in [0.15, 0.2) is 0 Å². The van der Waals surface area contributed by atoms with Crippen LogP contribution in [-0.4, -0.2) is 42.2 Å². The number of aliphatic hydroxyl groups is 1. The summed E-state index contributed by atoms with van der Waals surface area (Å²) in [5.41, 5.74) is 2.66. The van der Waals surface area contributed by atoms with Crippen LogP contribution >= 0.6 is 0 Å². The summed E-state index contributed by atoms with van der Waals surface area (Å²) < 4.78 is 5.31. The zero-order chi connectivity index (χ0) is 22.9. The standard InChI is InChI=1S/C24H28N4O4/c1-16-3-7-20(8-4-16)26-22(30)14-19-13-17(2)23(27-24(19)31)28-25-15-18-5-9-21(10-6-18)32-12-11-29/h3-10,15,17,19,29H,11-14H2,1-2H3,(H,26,30)(H,27,28,31). The largest absolute Gasteiger partial charge is 0.491 e. The summed E-state index contributed by atoms with van der Waals surface area (Å²) >= 11 is 0. The first-order valence-electron chi connectivity index (χ1n) is 10.6. The number of nitrogens with one attached hydrogen (secondary N) is 2. The number of aryl methyl sites for hydroxylation is 1. The first kappa shape index (κ1) is 23.1. The molecule has 8 nitrogen and oxygen atoms in total. The van der Waals surface area contributed by atoms with Gasteiger partial charge in [-0.2, -0.15) is 5.10 Å². The summed E-state index contributed by atoms with van der Waals surface area (Å²) in [7, 11) is 0. The molecule has 32 heavy (non-hydrogen) atoms. The molecule has 0 saturated carbocycles. The SMILES string of the molecule is Cc1ccc(NC(=O)CC2CC(C)C(=NN=Cc3ccc(OCCO)cc3)NC2=O)cc1. The molecule has 3 N–H and O–H groups in total. The number of anilines is 1. The lowest BCUT2D eigenvalue weighted by atomic mass is 9.87. The summed E-state index contributed by atoms with van der Waals surface area (Å²) in [6.45, 7) is 4.14. The van der Waals surface area contributed by atoms with Gasteiger partial charge in [-0.05, 0) is 55.3 Å². The second-order valence-corrected chi connectivity index (χ2v) is 7.81. The fraction of sp³-hybridized carbons (Fsp3) is 0.333. The molecular weight excluding hydrogens is 408 g/mol. The smallest absolute Gasteiger partial charge is 0.228 e. The highest BCUT2D eigenvalue weighted by Crippen LogP contribution is 2.23. The van der Waals surface area contributed by atoms with E-state index >= 15 is 0 Å². The van der Waals surface area contributed by atoms with Crippen LogP contribution in [-0.2, 0) is 9.59 Å². The van der Waals surface area contributed by atoms with E-state index in [-0.39, 0.29) is 37.4 Å². The number of amidine groups is 1. The van der Waals surface area contributed by atoms with Crippen LogP contribution in [0.25, 0.3) is 0 Å². The minimum atomic E-state index is -0.412. The summed E-state index contributed by atoms with van der Waals surface area (Å²) in [6.07, 6.45) is 2.23. The number of carbonyl (C=O) groups is 2. The third-order valence-electron chi connectivity index (χ3n) is 5.11. The van der Waals surface area contributed by atoms with E-state index in [1.807, 2.05) is 50.2 Å². The van der Waals surface area contributed by atoms with Crippen molar-refractivity contribution in [1.82, 2.24) is 5.32 Å². The molecule has 1 saturated heterocycles. The van der Waals surface area contributed by atoms with Crippen LogP contribution in [0.5, 0.6) is 5.75 Å². The van der Waals surface area contributed by atoms with Crippen molar-refractivity contribution in [1.29, 1.82) is 0 Å². The molecular formula is C24H28N4O4. The fourth-order valence-corrected chi connectivity index (χ4v) is 3.34. The molecule has 1 heterocycles. The van der Waals surface area contributed by atoms with E-state index in [4.69, 9.17) is 9.84 Å². The number of ether oxygens (including phenoxy) is 1. The van der Waals surface area contributed by atoms with Gasteiger partial charge in [0.2, 0.25) is 11.8 Å². The summed E-state index contributed by atoms with van der Waals surface area (Å²) in [5.74, 6) is 0.297. The van der Waals surface area contributed by atoms with Crippen molar-refractivity contribution in [3.63, 3.8) is 0 Å². The van der Waals surface area contributed by atoms with Gasteiger partial charge in [-0.25, -0.2) is 0 Å². The van der Waals surface area contributed by atoms with Crippen molar-refractivity contribution in [3.8, 4) is 5.75 Å². The summed E-state index contributed by atoms with van der Waals surface area (Å²) in [6, 6.07) is 14.7. The van der Waals surface area contributed by atoms with Gasteiger partial charge >= 0.3 is 0 Å². The summed E-state index contributed by atoms with van der Waals surface area (Å²) in [5, 5.41) is 22.6. The van der Waals surface area contributed by atoms with E-state index < -0.39 is 5.92 Å². The molecule has 168 valence electrons. The Bertz CT molecular complexity index is 984. The third-order valence-corrected chi connectivity index (χ3v) is 5.11. The van der Waals surface area contributed by atoms with Crippen molar-refractivity contribution in [2.45, 2.75) is 26.7 Å². The highest BCUT2D eigenvalue weighted by atomic mass is 16.5. The minimum absolute atomic E-state index is 0.0312. The Morgan fingerprint density at radius 1 is 1.22 bits per heavy atom. The fourth-order valence-electron chi connectivity index (χ4n) is 3.34. The van der Waals surface area contributed by atoms with Crippen LogP contribution < -0.4 is 15.4 Å². The van der Waals surface area contributed by atoms with Gasteiger partial charge in [0, 0.05) is 23.9 Å². The molecule has 2 aromatic rings. The van der Waals surface area contributed by atoms with Crippen LogP contribution in [0.1, 0.15) is 30.9 Å². The molecule has 1 fully saturated rings. The Balaban J connectivity index is 1.52. The highest BCUT2D eigenvalue weighted by Gasteiger charge is 2.32. The van der Waals surface area contributed by atoms with Crippen molar-refractivity contribution in [2.24, 2.45) is 22.0 Å². The number of hydrogen-bond acceptors (Lipinski definition) is 6. The molecule has 2 amide bonds. The normalized spacial score (nSPS) is 19.7. The summed E-state index contributed by atoms with van der Waals surface area (Å²) in [4.78, 5) is 24.8. The first-order valence-corrected chi connectivity index (χ1v) is 10.6. The molecule has 8 heteroatoms. The second-order valence-electron chi connectivity index (χ2n) is 7.81. The Labute approximate surface area is 187 Å². The molecule has 3 rings (SSSR count). The molecule has 0 bridgehead atoms. The monoisotopic (exact) mass is 436 g/mol. The van der Waals surface area contributed by atoms with Crippen molar-refractivity contribution in [3.05, 3.63) is 59.7 Å². The van der Waals surface area contributed by atoms with E-state index in [2.05, 4.69) is 20.8 Å². The molecule has 0 radical (unpaired) electrons. The molecule has 0 aromatic heterocycles. The van der Waals surface area contributed by atoms with E-state index in [0.717, 1.165) is 16.8 Å². The molecule has 2 aromatic carbocycles. The third kappa shape index (κ3) is 6.75. The Kier molecular flexibility index (Phi) is 8.10. The van der Waals surface area contributed by atoms with Crippen LogP contribution in [0.4, 0.5) is 5.69 Å². The minimum Gasteiger partial charge on any atom is -0.491 e. The quantitative estimate of drug-likeness (QED) is 0.436. The van der Waals surface area contributed by atoms with Crippen molar-refractivity contribution < 1.29 is 19.4 Å². The van der Waals surface area contributed by atoms with Gasteiger partial charge < -0.3 is 20.5 Å². The van der Waals surface area contributed by atoms with Crippen molar-refractivity contribution >= 4 is 29.6 Å². The molecule has 1 aliphatic heterocycles. The van der Waals surface area contributed by atoms with Crippen LogP contribution in [0.15, 0.2) is 58.7 Å². The topological polar surface area (TPSA) is 112 Å². The van der Waals surface area contributed by atoms with Gasteiger partial charge in [-0.1, -0.05) is 24.6 Å². The van der Waals surface area contributed by atoms with E-state index in [1.54, 1.807) is 18.3 Å². The van der Waals surface area contributed by atoms with Gasteiger partial charge in [-0.3, -0.25) is 9.59 Å². The zero-order valence-corrected chi connectivity index (χ0v) is 18.2. The van der Waals surface area contributed by atoms with Gasteiger partial charge in [0.05, 0.1) is 12.8 Å². The Morgan fingerprint density at radius 3 is 2.62 bits per heavy atom. The zero-order valence-electron chi connectivity index (χ0n) is 18.2. The number of benzene rings is 2. The van der Waals surface area contributed by atoms with Crippen LogP contribution in [0, 0.1) is 18.8 Å². The predicted molar refractivity (Wildman–Crippen MR) is 124 cm³/mol. The maximum atomic E-state index is 12.5. The lowest BCUT2D eigenvalue weighted by molar-refractivity contribution is -0.128. The molecule has 0 spiro atoms. The predicted octanol–water partition coefficient (Wildman–Crippen LogP) is 2.90. The highest BCUT2D eigenvalue weighted by molar-refractivity contribution is 6.04. The van der Waals surface area contributed by atoms with E-state index in [9.17, 15) is 9.59 Å². The van der Waals surface area contributed by atoms with E-state index in [1.165, 1.54) is 0 Å². The second kappa shape index (κ2) is 11.2. The number of amides is 2. The van der Waals surface area contributed by atoms with E-state index in [0.29, 0.717) is 18.0 Å². The number of carbonyl (C=O) groups excluding carboxylic acids is 2. The van der Waals surface area contributed by atoms with Crippen LogP contribution in [0.3, 0.4) is 0 Å². The van der Waals surface area contributed by atoms with Gasteiger partial charge in [0.25, 0.3) is 0 Å². The first-order chi connectivity index (χ1) is 15.4. The van der Waals surface area contributed by atoms with Gasteiger partial charge in [-0.15, -0.1) is 5.10 Å². The lowest BCUT2D eigenvalue weighted by Gasteiger charge is -2.27.